The Morgan fingerprint density at radius 2 is 1.73 bits per heavy atom. The lowest BCUT2D eigenvalue weighted by Gasteiger charge is -2.29. The van der Waals surface area contributed by atoms with Crippen LogP contribution in [0.2, 0.25) is 0 Å². The third-order valence-electron chi connectivity index (χ3n) is 6.99. The van der Waals surface area contributed by atoms with E-state index in [9.17, 15) is 0 Å². The van der Waals surface area contributed by atoms with E-state index in [4.69, 9.17) is 5.10 Å². The topological polar surface area (TPSA) is 59.7 Å². The SMILES string of the molecule is c1cc(N2CCCCC2)c2cc(-c3n[nH]c4ccc(C5CCNCC5)cc34)[nH]c2c1. The van der Waals surface area contributed by atoms with Crippen LogP contribution in [0.4, 0.5) is 5.69 Å². The van der Waals surface area contributed by atoms with Crippen LogP contribution in [0, 0.1) is 0 Å². The van der Waals surface area contributed by atoms with E-state index in [1.54, 1.807) is 0 Å². The Morgan fingerprint density at radius 1 is 0.867 bits per heavy atom. The zero-order chi connectivity index (χ0) is 19.9. The number of anilines is 1. The van der Waals surface area contributed by atoms with Gasteiger partial charge < -0.3 is 15.2 Å². The van der Waals surface area contributed by atoms with E-state index in [0.717, 1.165) is 43.1 Å². The van der Waals surface area contributed by atoms with Gasteiger partial charge in [-0.3, -0.25) is 5.10 Å². The Balaban J connectivity index is 1.42. The summed E-state index contributed by atoms with van der Waals surface area (Å²) in [5, 5.41) is 14.0. The van der Waals surface area contributed by atoms with Crippen LogP contribution in [-0.2, 0) is 0 Å². The van der Waals surface area contributed by atoms with Crippen LogP contribution in [-0.4, -0.2) is 41.4 Å². The van der Waals surface area contributed by atoms with Gasteiger partial charge in [0.1, 0.15) is 5.69 Å². The molecule has 0 spiro atoms. The second-order valence-corrected chi connectivity index (χ2v) is 8.87. The average molecular weight is 400 g/mol. The van der Waals surface area contributed by atoms with Crippen molar-refractivity contribution < 1.29 is 0 Å². The molecule has 0 saturated carbocycles. The molecular formula is C25H29N5. The van der Waals surface area contributed by atoms with Crippen molar-refractivity contribution in [1.82, 2.24) is 20.5 Å². The van der Waals surface area contributed by atoms with E-state index in [-0.39, 0.29) is 0 Å². The first-order chi connectivity index (χ1) is 14.9. The predicted molar refractivity (Wildman–Crippen MR) is 124 cm³/mol. The van der Waals surface area contributed by atoms with Gasteiger partial charge in [0.05, 0.1) is 11.2 Å². The summed E-state index contributed by atoms with van der Waals surface area (Å²) in [7, 11) is 0. The van der Waals surface area contributed by atoms with Gasteiger partial charge in [-0.2, -0.15) is 5.10 Å². The lowest BCUT2D eigenvalue weighted by atomic mass is 9.89. The summed E-state index contributed by atoms with van der Waals surface area (Å²) in [5.74, 6) is 0.645. The van der Waals surface area contributed by atoms with Crippen molar-refractivity contribution in [2.24, 2.45) is 0 Å². The number of aromatic nitrogens is 3. The van der Waals surface area contributed by atoms with E-state index in [1.807, 2.05) is 0 Å². The van der Waals surface area contributed by atoms with Crippen LogP contribution in [0.1, 0.15) is 43.6 Å². The van der Waals surface area contributed by atoms with Crippen molar-refractivity contribution in [3.63, 3.8) is 0 Å². The number of rotatable bonds is 3. The molecule has 0 bridgehead atoms. The zero-order valence-corrected chi connectivity index (χ0v) is 17.4. The quantitative estimate of drug-likeness (QED) is 0.445. The molecule has 6 rings (SSSR count). The summed E-state index contributed by atoms with van der Waals surface area (Å²) in [6.07, 6.45) is 6.35. The molecule has 2 aliphatic rings. The first-order valence-electron chi connectivity index (χ1n) is 11.4. The van der Waals surface area contributed by atoms with Gasteiger partial charge in [-0.15, -0.1) is 0 Å². The maximum Gasteiger partial charge on any atom is 0.116 e. The second-order valence-electron chi connectivity index (χ2n) is 8.87. The summed E-state index contributed by atoms with van der Waals surface area (Å²) in [5.41, 5.74) is 7.22. The Labute approximate surface area is 176 Å². The van der Waals surface area contributed by atoms with Gasteiger partial charge >= 0.3 is 0 Å². The summed E-state index contributed by atoms with van der Waals surface area (Å²) in [6, 6.07) is 15.8. The number of hydrogen-bond acceptors (Lipinski definition) is 3. The van der Waals surface area contributed by atoms with Gasteiger partial charge in [0.15, 0.2) is 0 Å². The van der Waals surface area contributed by atoms with E-state index in [1.165, 1.54) is 59.6 Å². The van der Waals surface area contributed by atoms with Crippen LogP contribution >= 0.6 is 0 Å². The molecule has 0 atom stereocenters. The molecule has 2 fully saturated rings. The maximum atomic E-state index is 4.71. The number of nitrogens with one attached hydrogen (secondary N) is 3. The number of benzene rings is 2. The molecule has 0 unspecified atom stereocenters. The number of H-pyrrole nitrogens is 2. The van der Waals surface area contributed by atoms with Crippen molar-refractivity contribution in [3.05, 3.63) is 48.0 Å². The Hall–Kier alpha value is -2.79. The minimum Gasteiger partial charge on any atom is -0.371 e. The van der Waals surface area contributed by atoms with Crippen LogP contribution in [0.5, 0.6) is 0 Å². The monoisotopic (exact) mass is 399 g/mol. The molecule has 5 nitrogen and oxygen atoms in total. The molecule has 154 valence electrons. The Bertz CT molecular complexity index is 1170. The molecule has 30 heavy (non-hydrogen) atoms. The van der Waals surface area contributed by atoms with Crippen molar-refractivity contribution >= 4 is 27.5 Å². The van der Waals surface area contributed by atoms with Gasteiger partial charge in [0, 0.05) is 35.1 Å². The molecular weight excluding hydrogens is 370 g/mol. The lowest BCUT2D eigenvalue weighted by Crippen LogP contribution is -2.29. The fourth-order valence-corrected chi connectivity index (χ4v) is 5.32. The lowest BCUT2D eigenvalue weighted by molar-refractivity contribution is 0.460. The molecule has 0 amide bonds. The molecule has 2 aliphatic heterocycles. The molecule has 0 radical (unpaired) electrons. The third-order valence-corrected chi connectivity index (χ3v) is 6.99. The van der Waals surface area contributed by atoms with Gasteiger partial charge in [-0.1, -0.05) is 12.1 Å². The fraction of sp³-hybridized carbons (Fsp3) is 0.400. The summed E-state index contributed by atoms with van der Waals surface area (Å²) >= 11 is 0. The van der Waals surface area contributed by atoms with Gasteiger partial charge in [-0.25, -0.2) is 0 Å². The number of aromatic amines is 2. The Kier molecular flexibility index (Phi) is 4.49. The normalized spacial score (nSPS) is 18.5. The van der Waals surface area contributed by atoms with E-state index < -0.39 is 0 Å². The Morgan fingerprint density at radius 3 is 2.60 bits per heavy atom. The molecule has 0 aliphatic carbocycles. The van der Waals surface area contributed by atoms with Crippen LogP contribution in [0.3, 0.4) is 0 Å². The highest BCUT2D eigenvalue weighted by Crippen LogP contribution is 2.36. The molecule has 2 saturated heterocycles. The largest absolute Gasteiger partial charge is 0.371 e. The smallest absolute Gasteiger partial charge is 0.116 e. The molecule has 3 N–H and O–H groups in total. The van der Waals surface area contributed by atoms with Crippen LogP contribution in [0.15, 0.2) is 42.5 Å². The van der Waals surface area contributed by atoms with Crippen molar-refractivity contribution in [2.45, 2.75) is 38.0 Å². The van der Waals surface area contributed by atoms with Gasteiger partial charge in [0.2, 0.25) is 0 Å². The predicted octanol–water partition coefficient (Wildman–Crippen LogP) is 5.17. The number of piperidine rings is 2. The standard InChI is InChI=1S/C25H29N5/c1-2-13-30(14-3-1)24-6-4-5-21-19(24)16-23(27-21)25-20-15-18(7-8-22(20)28-29-25)17-9-11-26-12-10-17/h4-8,15-17,26-27H,1-3,9-14H2,(H,28,29). The first-order valence-corrected chi connectivity index (χ1v) is 11.4. The van der Waals surface area contributed by atoms with E-state index >= 15 is 0 Å². The highest BCUT2D eigenvalue weighted by molar-refractivity contribution is 6.00. The molecule has 4 heterocycles. The minimum atomic E-state index is 0.645. The molecule has 2 aromatic carbocycles. The molecule has 5 heteroatoms. The first kappa shape index (κ1) is 18.0. The molecule has 4 aromatic rings. The fourth-order valence-electron chi connectivity index (χ4n) is 5.32. The number of hydrogen-bond donors (Lipinski definition) is 3. The van der Waals surface area contributed by atoms with Gasteiger partial charge in [0.25, 0.3) is 0 Å². The number of fused-ring (bicyclic) bond motifs is 2. The average Bonchev–Trinajstić information content (AvgIpc) is 3.43. The zero-order valence-electron chi connectivity index (χ0n) is 17.4. The van der Waals surface area contributed by atoms with Crippen LogP contribution < -0.4 is 10.2 Å². The maximum absolute atomic E-state index is 4.71. The van der Waals surface area contributed by atoms with Crippen molar-refractivity contribution in [1.29, 1.82) is 0 Å². The third kappa shape index (κ3) is 3.08. The summed E-state index contributed by atoms with van der Waals surface area (Å²) in [4.78, 5) is 6.19. The highest BCUT2D eigenvalue weighted by Gasteiger charge is 2.19. The van der Waals surface area contributed by atoms with Crippen molar-refractivity contribution in [3.8, 4) is 11.4 Å². The minimum absolute atomic E-state index is 0.645. The number of nitrogens with zero attached hydrogens (tertiary/aromatic N) is 2. The highest BCUT2D eigenvalue weighted by atomic mass is 15.1. The van der Waals surface area contributed by atoms with E-state index in [0.29, 0.717) is 5.92 Å². The molecule has 2 aromatic heterocycles. The summed E-state index contributed by atoms with van der Waals surface area (Å²) < 4.78 is 0. The second kappa shape index (κ2) is 7.47. The van der Waals surface area contributed by atoms with Crippen LogP contribution in [0.25, 0.3) is 33.2 Å². The van der Waals surface area contributed by atoms with Crippen molar-refractivity contribution in [2.75, 3.05) is 31.1 Å². The van der Waals surface area contributed by atoms with E-state index in [2.05, 4.69) is 62.8 Å². The van der Waals surface area contributed by atoms with Gasteiger partial charge in [-0.05, 0) is 87.0 Å². The summed E-state index contributed by atoms with van der Waals surface area (Å²) in [6.45, 7) is 4.54.